The van der Waals surface area contributed by atoms with E-state index in [1.807, 2.05) is 10.8 Å². The standard InChI is InChI=1S/C13H22N2O/c1-2-15-9-8-14-13(15)12(16)10-11-6-4-3-5-7-11/h8-9,11-12,16H,2-7,10H2,1H3. The largest absolute Gasteiger partial charge is 0.385 e. The third-order valence-electron chi connectivity index (χ3n) is 3.67. The van der Waals surface area contributed by atoms with E-state index in [4.69, 9.17) is 0 Å². The lowest BCUT2D eigenvalue weighted by molar-refractivity contribution is 0.120. The number of nitrogens with zero attached hydrogens (tertiary/aromatic N) is 2. The molecule has 1 heterocycles. The maximum Gasteiger partial charge on any atom is 0.137 e. The number of imidazole rings is 1. The Morgan fingerprint density at radius 3 is 2.88 bits per heavy atom. The highest BCUT2D eigenvalue weighted by molar-refractivity contribution is 4.96. The molecule has 3 heteroatoms. The van der Waals surface area contributed by atoms with Gasteiger partial charge in [0.25, 0.3) is 0 Å². The quantitative estimate of drug-likeness (QED) is 0.850. The lowest BCUT2D eigenvalue weighted by Crippen LogP contribution is -2.14. The van der Waals surface area contributed by atoms with Crippen LogP contribution < -0.4 is 0 Å². The third-order valence-corrected chi connectivity index (χ3v) is 3.67. The zero-order valence-electron chi connectivity index (χ0n) is 10.1. The van der Waals surface area contributed by atoms with Gasteiger partial charge < -0.3 is 9.67 Å². The summed E-state index contributed by atoms with van der Waals surface area (Å²) in [5, 5.41) is 10.2. The Hall–Kier alpha value is -0.830. The summed E-state index contributed by atoms with van der Waals surface area (Å²) in [6.07, 6.45) is 10.8. The van der Waals surface area contributed by atoms with Gasteiger partial charge in [0, 0.05) is 18.9 Å². The van der Waals surface area contributed by atoms with Crippen molar-refractivity contribution in [3.05, 3.63) is 18.2 Å². The molecule has 16 heavy (non-hydrogen) atoms. The van der Waals surface area contributed by atoms with Gasteiger partial charge in [0.1, 0.15) is 11.9 Å². The van der Waals surface area contributed by atoms with E-state index in [-0.39, 0.29) is 6.10 Å². The summed E-state index contributed by atoms with van der Waals surface area (Å²) in [6.45, 7) is 2.97. The van der Waals surface area contributed by atoms with E-state index in [1.165, 1.54) is 32.1 Å². The molecule has 1 aromatic heterocycles. The topological polar surface area (TPSA) is 38.0 Å². The number of aromatic nitrogens is 2. The third kappa shape index (κ3) is 2.64. The Bertz CT molecular complexity index is 315. The molecule has 0 radical (unpaired) electrons. The fourth-order valence-corrected chi connectivity index (χ4v) is 2.73. The van der Waals surface area contributed by atoms with Crippen molar-refractivity contribution in [3.63, 3.8) is 0 Å². The Kier molecular flexibility index (Phi) is 3.99. The molecule has 1 fully saturated rings. The second-order valence-electron chi connectivity index (χ2n) is 4.83. The van der Waals surface area contributed by atoms with Gasteiger partial charge in [-0.3, -0.25) is 0 Å². The molecule has 1 saturated carbocycles. The van der Waals surface area contributed by atoms with E-state index in [2.05, 4.69) is 11.9 Å². The van der Waals surface area contributed by atoms with Crippen molar-refractivity contribution in [2.24, 2.45) is 5.92 Å². The van der Waals surface area contributed by atoms with Crippen LogP contribution in [0.25, 0.3) is 0 Å². The van der Waals surface area contributed by atoms with Crippen molar-refractivity contribution in [3.8, 4) is 0 Å². The van der Waals surface area contributed by atoms with Gasteiger partial charge in [-0.05, 0) is 19.3 Å². The molecule has 1 aliphatic rings. The number of hydrogen-bond acceptors (Lipinski definition) is 2. The maximum atomic E-state index is 10.2. The fourth-order valence-electron chi connectivity index (χ4n) is 2.73. The molecule has 1 N–H and O–H groups in total. The molecule has 0 spiro atoms. The highest BCUT2D eigenvalue weighted by atomic mass is 16.3. The minimum Gasteiger partial charge on any atom is -0.385 e. The molecule has 0 aromatic carbocycles. The van der Waals surface area contributed by atoms with E-state index < -0.39 is 0 Å². The second-order valence-corrected chi connectivity index (χ2v) is 4.83. The molecule has 0 saturated heterocycles. The van der Waals surface area contributed by atoms with Crippen LogP contribution in [-0.4, -0.2) is 14.7 Å². The monoisotopic (exact) mass is 222 g/mol. The van der Waals surface area contributed by atoms with Crippen LogP contribution in [0.15, 0.2) is 12.4 Å². The maximum absolute atomic E-state index is 10.2. The zero-order chi connectivity index (χ0) is 11.4. The number of aliphatic hydroxyl groups is 1. The van der Waals surface area contributed by atoms with Crippen molar-refractivity contribution in [2.75, 3.05) is 0 Å². The van der Waals surface area contributed by atoms with E-state index in [1.54, 1.807) is 6.20 Å². The van der Waals surface area contributed by atoms with E-state index >= 15 is 0 Å². The summed E-state index contributed by atoms with van der Waals surface area (Å²) in [5.41, 5.74) is 0. The summed E-state index contributed by atoms with van der Waals surface area (Å²) >= 11 is 0. The van der Waals surface area contributed by atoms with Crippen LogP contribution in [0.4, 0.5) is 0 Å². The molecule has 0 bridgehead atoms. The van der Waals surface area contributed by atoms with Crippen molar-refractivity contribution >= 4 is 0 Å². The highest BCUT2D eigenvalue weighted by Gasteiger charge is 2.20. The first-order valence-electron chi connectivity index (χ1n) is 6.50. The van der Waals surface area contributed by atoms with Crippen LogP contribution in [0.5, 0.6) is 0 Å². The van der Waals surface area contributed by atoms with E-state index in [0.717, 1.165) is 18.8 Å². The fraction of sp³-hybridized carbons (Fsp3) is 0.769. The van der Waals surface area contributed by atoms with Crippen LogP contribution in [-0.2, 0) is 6.54 Å². The minimum atomic E-state index is -0.377. The van der Waals surface area contributed by atoms with Gasteiger partial charge in [-0.25, -0.2) is 4.98 Å². The molecule has 1 aliphatic carbocycles. The summed E-state index contributed by atoms with van der Waals surface area (Å²) < 4.78 is 2.04. The summed E-state index contributed by atoms with van der Waals surface area (Å²) in [4.78, 5) is 4.27. The van der Waals surface area contributed by atoms with Gasteiger partial charge in [-0.2, -0.15) is 0 Å². The highest BCUT2D eigenvalue weighted by Crippen LogP contribution is 2.31. The molecule has 0 aliphatic heterocycles. The first kappa shape index (κ1) is 11.6. The van der Waals surface area contributed by atoms with Crippen LogP contribution in [0.1, 0.15) is 57.4 Å². The molecular weight excluding hydrogens is 200 g/mol. The number of hydrogen-bond donors (Lipinski definition) is 1. The van der Waals surface area contributed by atoms with Crippen LogP contribution in [0, 0.1) is 5.92 Å². The van der Waals surface area contributed by atoms with Crippen molar-refractivity contribution < 1.29 is 5.11 Å². The van der Waals surface area contributed by atoms with Crippen LogP contribution in [0.3, 0.4) is 0 Å². The molecule has 0 amide bonds. The smallest absolute Gasteiger partial charge is 0.137 e. The Labute approximate surface area is 97.5 Å². The lowest BCUT2D eigenvalue weighted by atomic mass is 9.85. The van der Waals surface area contributed by atoms with Gasteiger partial charge in [0.15, 0.2) is 0 Å². The molecule has 3 nitrogen and oxygen atoms in total. The Morgan fingerprint density at radius 1 is 1.44 bits per heavy atom. The van der Waals surface area contributed by atoms with Gasteiger partial charge in [0.05, 0.1) is 0 Å². The van der Waals surface area contributed by atoms with Gasteiger partial charge in [-0.15, -0.1) is 0 Å². The molecule has 1 unspecified atom stereocenters. The van der Waals surface area contributed by atoms with Gasteiger partial charge in [0.2, 0.25) is 0 Å². The SMILES string of the molecule is CCn1ccnc1C(O)CC1CCCCC1. The van der Waals surface area contributed by atoms with Crippen molar-refractivity contribution in [2.45, 2.75) is 58.1 Å². The molecule has 2 rings (SSSR count). The Morgan fingerprint density at radius 2 is 2.19 bits per heavy atom. The minimum absolute atomic E-state index is 0.377. The first-order chi connectivity index (χ1) is 7.81. The molecule has 1 aromatic rings. The van der Waals surface area contributed by atoms with Gasteiger partial charge >= 0.3 is 0 Å². The summed E-state index contributed by atoms with van der Waals surface area (Å²) in [7, 11) is 0. The molecular formula is C13H22N2O. The van der Waals surface area contributed by atoms with Gasteiger partial charge in [-0.1, -0.05) is 32.1 Å². The van der Waals surface area contributed by atoms with Crippen LogP contribution >= 0.6 is 0 Å². The second kappa shape index (κ2) is 5.48. The zero-order valence-corrected chi connectivity index (χ0v) is 10.1. The normalized spacial score (nSPS) is 19.9. The van der Waals surface area contributed by atoms with E-state index in [0.29, 0.717) is 5.92 Å². The lowest BCUT2D eigenvalue weighted by Gasteiger charge is -2.24. The number of aryl methyl sites for hydroxylation is 1. The van der Waals surface area contributed by atoms with Crippen LogP contribution in [0.2, 0.25) is 0 Å². The van der Waals surface area contributed by atoms with Crippen molar-refractivity contribution in [1.29, 1.82) is 0 Å². The predicted molar refractivity (Wildman–Crippen MR) is 64.1 cm³/mol. The average Bonchev–Trinajstić information content (AvgIpc) is 2.78. The summed E-state index contributed by atoms with van der Waals surface area (Å²) in [5.74, 6) is 1.54. The summed E-state index contributed by atoms with van der Waals surface area (Å²) in [6, 6.07) is 0. The molecule has 1 atom stereocenters. The molecule has 90 valence electrons. The van der Waals surface area contributed by atoms with E-state index in [9.17, 15) is 5.11 Å². The van der Waals surface area contributed by atoms with Crippen molar-refractivity contribution in [1.82, 2.24) is 9.55 Å². The predicted octanol–water partition coefficient (Wildman–Crippen LogP) is 2.91. The average molecular weight is 222 g/mol. The first-order valence-corrected chi connectivity index (χ1v) is 6.50. The number of aliphatic hydroxyl groups excluding tert-OH is 1. The Balaban J connectivity index is 1.93. The number of rotatable bonds is 4.